The Kier molecular flexibility index (Phi) is 5.70. The topological polar surface area (TPSA) is 81.5 Å². The van der Waals surface area contributed by atoms with E-state index >= 15 is 0 Å². The molecule has 2 rings (SSSR count). The first kappa shape index (κ1) is 17.0. The quantitative estimate of drug-likeness (QED) is 0.619. The number of nitrogens with zero attached hydrogens (tertiary/aromatic N) is 1. The van der Waals surface area contributed by atoms with Gasteiger partial charge in [-0.15, -0.1) is 11.3 Å². The number of amides is 1. The van der Waals surface area contributed by atoms with Gasteiger partial charge in [0.1, 0.15) is 12.4 Å². The highest BCUT2D eigenvalue weighted by Gasteiger charge is 2.10. The van der Waals surface area contributed by atoms with E-state index in [1.54, 1.807) is 18.2 Å². The smallest absolute Gasteiger partial charge is 0.269 e. The molecule has 1 aromatic heterocycles. The van der Waals surface area contributed by atoms with E-state index in [2.05, 4.69) is 5.32 Å². The number of nitro benzene ring substituents is 1. The summed E-state index contributed by atoms with van der Waals surface area (Å²) in [5, 5.41) is 15.3. The minimum Gasteiger partial charge on any atom is -0.489 e. The Balaban J connectivity index is 1.89. The summed E-state index contributed by atoms with van der Waals surface area (Å²) in [4.78, 5) is 22.7. The van der Waals surface area contributed by atoms with Crippen molar-refractivity contribution in [2.75, 3.05) is 6.54 Å². The van der Waals surface area contributed by atoms with Crippen molar-refractivity contribution in [3.8, 4) is 5.75 Å². The number of nitrogens with one attached hydrogen (secondary N) is 1. The Morgan fingerprint density at radius 3 is 2.65 bits per heavy atom. The lowest BCUT2D eigenvalue weighted by molar-refractivity contribution is -0.384. The van der Waals surface area contributed by atoms with Crippen LogP contribution in [0.2, 0.25) is 0 Å². The predicted octanol–water partition coefficient (Wildman–Crippen LogP) is 3.62. The van der Waals surface area contributed by atoms with Crippen molar-refractivity contribution < 1.29 is 14.5 Å². The van der Waals surface area contributed by atoms with Crippen LogP contribution in [0.4, 0.5) is 5.69 Å². The predicted molar refractivity (Wildman–Crippen MR) is 88.9 cm³/mol. The number of carbonyl (C=O) groups is 1. The van der Waals surface area contributed by atoms with E-state index < -0.39 is 4.92 Å². The zero-order valence-corrected chi connectivity index (χ0v) is 13.8. The first-order valence-corrected chi connectivity index (χ1v) is 8.06. The highest BCUT2D eigenvalue weighted by atomic mass is 32.1. The Hall–Kier alpha value is -2.41. The minimum absolute atomic E-state index is 0.0250. The van der Waals surface area contributed by atoms with Gasteiger partial charge in [0.2, 0.25) is 0 Å². The van der Waals surface area contributed by atoms with Gasteiger partial charge < -0.3 is 10.1 Å². The summed E-state index contributed by atoms with van der Waals surface area (Å²) in [7, 11) is 0. The standard InChI is InChI=1S/C16H18N2O4S/c1-11(2)8-17-16(19)15-7-12(10-23-15)9-22-14-5-3-13(4-6-14)18(20)21/h3-7,10-11H,8-9H2,1-2H3,(H,17,19). The molecular weight excluding hydrogens is 316 g/mol. The van der Waals surface area contributed by atoms with E-state index in [4.69, 9.17) is 4.74 Å². The van der Waals surface area contributed by atoms with Crippen molar-refractivity contribution in [2.45, 2.75) is 20.5 Å². The zero-order valence-electron chi connectivity index (χ0n) is 12.9. The van der Waals surface area contributed by atoms with Crippen molar-refractivity contribution >= 4 is 22.9 Å². The number of ether oxygens (including phenoxy) is 1. The second-order valence-corrected chi connectivity index (χ2v) is 6.37. The maximum Gasteiger partial charge on any atom is 0.269 e. The molecule has 0 aliphatic rings. The lowest BCUT2D eigenvalue weighted by atomic mass is 10.2. The Bertz CT molecular complexity index is 680. The lowest BCUT2D eigenvalue weighted by Crippen LogP contribution is -2.26. The number of hydrogen-bond acceptors (Lipinski definition) is 5. The van der Waals surface area contributed by atoms with Gasteiger partial charge in [-0.2, -0.15) is 0 Å². The molecule has 122 valence electrons. The molecule has 1 heterocycles. The van der Waals surface area contributed by atoms with E-state index in [-0.39, 0.29) is 11.6 Å². The Morgan fingerprint density at radius 2 is 2.04 bits per heavy atom. The molecular formula is C16H18N2O4S. The van der Waals surface area contributed by atoms with Gasteiger partial charge in [-0.1, -0.05) is 13.8 Å². The van der Waals surface area contributed by atoms with Gasteiger partial charge >= 0.3 is 0 Å². The Morgan fingerprint density at radius 1 is 1.35 bits per heavy atom. The first-order chi connectivity index (χ1) is 11.0. The van der Waals surface area contributed by atoms with Crippen molar-refractivity contribution in [1.29, 1.82) is 0 Å². The second kappa shape index (κ2) is 7.73. The zero-order chi connectivity index (χ0) is 16.8. The lowest BCUT2D eigenvalue weighted by Gasteiger charge is -2.05. The van der Waals surface area contributed by atoms with Gasteiger partial charge in [0.15, 0.2) is 0 Å². The van der Waals surface area contributed by atoms with Crippen molar-refractivity contribution in [3.05, 3.63) is 56.3 Å². The molecule has 1 N–H and O–H groups in total. The molecule has 0 saturated heterocycles. The summed E-state index contributed by atoms with van der Waals surface area (Å²) in [5.41, 5.74) is 0.917. The third-order valence-corrected chi connectivity index (χ3v) is 3.98. The van der Waals surface area contributed by atoms with Crippen molar-refractivity contribution in [2.24, 2.45) is 5.92 Å². The molecule has 1 aromatic carbocycles. The molecule has 1 amide bonds. The van der Waals surface area contributed by atoms with Crippen LogP contribution in [0.3, 0.4) is 0 Å². The largest absolute Gasteiger partial charge is 0.489 e. The molecule has 7 heteroatoms. The highest BCUT2D eigenvalue weighted by molar-refractivity contribution is 7.12. The number of thiophene rings is 1. The molecule has 23 heavy (non-hydrogen) atoms. The maximum absolute atomic E-state index is 11.9. The number of carbonyl (C=O) groups excluding carboxylic acids is 1. The molecule has 0 aliphatic heterocycles. The molecule has 2 aromatic rings. The Labute approximate surface area is 138 Å². The maximum atomic E-state index is 11.9. The molecule has 0 bridgehead atoms. The average Bonchev–Trinajstić information content (AvgIpc) is 3.00. The van der Waals surface area contributed by atoms with Crippen molar-refractivity contribution in [1.82, 2.24) is 5.32 Å². The van der Waals surface area contributed by atoms with E-state index in [0.717, 1.165) is 5.56 Å². The summed E-state index contributed by atoms with van der Waals surface area (Å²) in [6.45, 7) is 5.04. The van der Waals surface area contributed by atoms with Crippen LogP contribution in [0, 0.1) is 16.0 Å². The molecule has 0 aliphatic carbocycles. The molecule has 0 spiro atoms. The fourth-order valence-corrected chi connectivity index (χ4v) is 2.60. The van der Waals surface area contributed by atoms with Gasteiger partial charge in [-0.25, -0.2) is 0 Å². The van der Waals surface area contributed by atoms with E-state index in [9.17, 15) is 14.9 Å². The van der Waals surface area contributed by atoms with Crippen LogP contribution in [0.1, 0.15) is 29.1 Å². The van der Waals surface area contributed by atoms with Gasteiger partial charge in [0.25, 0.3) is 11.6 Å². The van der Waals surface area contributed by atoms with E-state index in [1.807, 2.05) is 19.2 Å². The van der Waals surface area contributed by atoms with Gasteiger partial charge in [0.05, 0.1) is 9.80 Å². The van der Waals surface area contributed by atoms with Gasteiger partial charge in [0, 0.05) is 24.2 Å². The van der Waals surface area contributed by atoms with Crippen LogP contribution in [-0.2, 0) is 6.61 Å². The third kappa shape index (κ3) is 5.07. The summed E-state index contributed by atoms with van der Waals surface area (Å²) >= 11 is 1.37. The first-order valence-electron chi connectivity index (χ1n) is 7.18. The van der Waals surface area contributed by atoms with Crippen LogP contribution >= 0.6 is 11.3 Å². The average molecular weight is 334 g/mol. The molecule has 0 saturated carbocycles. The van der Waals surface area contributed by atoms with Gasteiger partial charge in [-0.3, -0.25) is 14.9 Å². The fraction of sp³-hybridized carbons (Fsp3) is 0.312. The summed E-state index contributed by atoms with van der Waals surface area (Å²) < 4.78 is 5.57. The van der Waals surface area contributed by atoms with Crippen LogP contribution in [-0.4, -0.2) is 17.4 Å². The van der Waals surface area contributed by atoms with Crippen LogP contribution in [0.15, 0.2) is 35.7 Å². The summed E-state index contributed by atoms with van der Waals surface area (Å²) in [6.07, 6.45) is 0. The third-order valence-electron chi connectivity index (χ3n) is 3.00. The molecule has 6 nitrogen and oxygen atoms in total. The molecule has 0 fully saturated rings. The van der Waals surface area contributed by atoms with E-state index in [1.165, 1.54) is 23.5 Å². The molecule has 0 unspecified atom stereocenters. The number of non-ortho nitro benzene ring substituents is 1. The normalized spacial score (nSPS) is 10.6. The number of nitro groups is 1. The summed E-state index contributed by atoms with van der Waals surface area (Å²) in [6, 6.07) is 7.70. The monoisotopic (exact) mass is 334 g/mol. The minimum atomic E-state index is -0.454. The fourth-order valence-electron chi connectivity index (χ4n) is 1.79. The van der Waals surface area contributed by atoms with Gasteiger partial charge in [-0.05, 0) is 29.5 Å². The number of rotatable bonds is 7. The highest BCUT2D eigenvalue weighted by Crippen LogP contribution is 2.20. The SMILES string of the molecule is CC(C)CNC(=O)c1cc(COc2ccc([N+](=O)[O-])cc2)cs1. The second-order valence-electron chi connectivity index (χ2n) is 5.46. The van der Waals surface area contributed by atoms with E-state index in [0.29, 0.717) is 29.7 Å². The number of benzene rings is 1. The molecule has 0 atom stereocenters. The van der Waals surface area contributed by atoms with Crippen molar-refractivity contribution in [3.63, 3.8) is 0 Å². The van der Waals surface area contributed by atoms with Crippen LogP contribution in [0.25, 0.3) is 0 Å². The summed E-state index contributed by atoms with van der Waals surface area (Å²) in [5.74, 6) is 0.877. The number of hydrogen-bond donors (Lipinski definition) is 1. The van der Waals surface area contributed by atoms with Crippen LogP contribution < -0.4 is 10.1 Å². The molecule has 0 radical (unpaired) electrons. The van der Waals surface area contributed by atoms with Crippen LogP contribution in [0.5, 0.6) is 5.75 Å².